The molecule has 0 radical (unpaired) electrons. The lowest BCUT2D eigenvalue weighted by molar-refractivity contribution is 0.0475. The molecule has 0 saturated heterocycles. The van der Waals surface area contributed by atoms with Gasteiger partial charge in [0.05, 0.1) is 11.3 Å². The molecule has 2 rings (SSSR count). The number of aromatic nitrogens is 1. The van der Waals surface area contributed by atoms with E-state index in [9.17, 15) is 5.11 Å². The van der Waals surface area contributed by atoms with Crippen LogP contribution in [-0.2, 0) is 6.54 Å². The molecule has 102 valence electrons. The molecule has 5 heteroatoms. The maximum atomic E-state index is 10.2. The van der Waals surface area contributed by atoms with Gasteiger partial charge in [-0.2, -0.15) is 0 Å². The summed E-state index contributed by atoms with van der Waals surface area (Å²) >= 11 is 1.72. The van der Waals surface area contributed by atoms with Gasteiger partial charge >= 0.3 is 0 Å². The molecular formula is C13H23N3OS. The van der Waals surface area contributed by atoms with Crippen molar-refractivity contribution in [2.75, 3.05) is 25.5 Å². The van der Waals surface area contributed by atoms with Gasteiger partial charge in [-0.1, -0.05) is 12.8 Å². The molecule has 2 N–H and O–H groups in total. The molecular weight excluding hydrogens is 246 g/mol. The summed E-state index contributed by atoms with van der Waals surface area (Å²) in [5, 5.41) is 14.7. The van der Waals surface area contributed by atoms with Gasteiger partial charge in [-0.3, -0.25) is 0 Å². The lowest BCUT2D eigenvalue weighted by atomic mass is 10.0. The molecule has 1 aliphatic carbocycles. The minimum atomic E-state index is -0.469. The Morgan fingerprint density at radius 1 is 1.39 bits per heavy atom. The maximum absolute atomic E-state index is 10.2. The van der Waals surface area contributed by atoms with Gasteiger partial charge in [-0.05, 0) is 19.8 Å². The second-order valence-electron chi connectivity index (χ2n) is 5.43. The van der Waals surface area contributed by atoms with Crippen LogP contribution in [0.4, 0.5) is 5.13 Å². The number of aliphatic hydroxyl groups is 1. The van der Waals surface area contributed by atoms with E-state index < -0.39 is 5.60 Å². The standard InChI is InChI=1S/C13H23N3OS/c1-10-11(18-12(15-10)16(2)3)8-14-9-13(17)6-4-5-7-13/h14,17H,4-9H2,1-3H3. The lowest BCUT2D eigenvalue weighted by Crippen LogP contribution is -2.37. The van der Waals surface area contributed by atoms with Crippen LogP contribution in [-0.4, -0.2) is 36.3 Å². The van der Waals surface area contributed by atoms with E-state index in [2.05, 4.69) is 10.3 Å². The molecule has 18 heavy (non-hydrogen) atoms. The fourth-order valence-electron chi connectivity index (χ4n) is 2.39. The largest absolute Gasteiger partial charge is 0.389 e. The first-order chi connectivity index (χ1) is 8.50. The van der Waals surface area contributed by atoms with Crippen LogP contribution in [0.1, 0.15) is 36.3 Å². The van der Waals surface area contributed by atoms with Crippen LogP contribution in [0.3, 0.4) is 0 Å². The zero-order valence-corrected chi connectivity index (χ0v) is 12.3. The zero-order valence-electron chi connectivity index (χ0n) is 11.5. The van der Waals surface area contributed by atoms with Gasteiger partial charge in [0.15, 0.2) is 5.13 Å². The topological polar surface area (TPSA) is 48.4 Å². The molecule has 0 bridgehead atoms. The summed E-state index contributed by atoms with van der Waals surface area (Å²) in [5.41, 5.74) is 0.623. The summed E-state index contributed by atoms with van der Waals surface area (Å²) in [6.07, 6.45) is 4.18. The Balaban J connectivity index is 1.86. The van der Waals surface area contributed by atoms with Crippen LogP contribution in [0.5, 0.6) is 0 Å². The highest BCUT2D eigenvalue weighted by molar-refractivity contribution is 7.15. The molecule has 0 spiro atoms. The fourth-order valence-corrected chi connectivity index (χ4v) is 3.34. The third-order valence-corrected chi connectivity index (χ3v) is 4.86. The van der Waals surface area contributed by atoms with Crippen LogP contribution in [0, 0.1) is 6.92 Å². The Hall–Kier alpha value is -0.650. The van der Waals surface area contributed by atoms with Crippen molar-refractivity contribution >= 4 is 16.5 Å². The van der Waals surface area contributed by atoms with E-state index in [0.717, 1.165) is 43.1 Å². The molecule has 4 nitrogen and oxygen atoms in total. The highest BCUT2D eigenvalue weighted by Gasteiger charge is 2.30. The van der Waals surface area contributed by atoms with Gasteiger partial charge in [0, 0.05) is 32.1 Å². The Bertz CT molecular complexity index is 397. The Morgan fingerprint density at radius 2 is 2.06 bits per heavy atom. The quantitative estimate of drug-likeness (QED) is 0.857. The van der Waals surface area contributed by atoms with Crippen molar-refractivity contribution in [1.29, 1.82) is 0 Å². The molecule has 1 fully saturated rings. The predicted molar refractivity (Wildman–Crippen MR) is 76.3 cm³/mol. The maximum Gasteiger partial charge on any atom is 0.185 e. The Morgan fingerprint density at radius 3 is 2.61 bits per heavy atom. The predicted octanol–water partition coefficient (Wildman–Crippen LogP) is 1.91. The molecule has 0 aliphatic heterocycles. The molecule has 0 aromatic carbocycles. The van der Waals surface area contributed by atoms with Crippen molar-refractivity contribution in [2.45, 2.75) is 44.8 Å². The molecule has 1 heterocycles. The monoisotopic (exact) mass is 269 g/mol. The van der Waals surface area contributed by atoms with E-state index in [1.54, 1.807) is 11.3 Å². The minimum absolute atomic E-state index is 0.469. The first-order valence-corrected chi connectivity index (χ1v) is 7.38. The van der Waals surface area contributed by atoms with Gasteiger partial charge in [0.1, 0.15) is 0 Å². The molecule has 0 unspecified atom stereocenters. The van der Waals surface area contributed by atoms with Crippen LogP contribution in [0.2, 0.25) is 0 Å². The normalized spacial score (nSPS) is 18.2. The molecule has 1 saturated carbocycles. The van der Waals surface area contributed by atoms with E-state index in [4.69, 9.17) is 0 Å². The highest BCUT2D eigenvalue weighted by Crippen LogP contribution is 2.29. The number of nitrogens with zero attached hydrogens (tertiary/aromatic N) is 2. The van der Waals surface area contributed by atoms with Gasteiger partial charge < -0.3 is 15.3 Å². The van der Waals surface area contributed by atoms with Crippen molar-refractivity contribution in [3.05, 3.63) is 10.6 Å². The summed E-state index contributed by atoms with van der Waals surface area (Å²) < 4.78 is 0. The molecule has 0 atom stereocenters. The van der Waals surface area contributed by atoms with E-state index in [1.165, 1.54) is 4.88 Å². The molecule has 1 aromatic rings. The second kappa shape index (κ2) is 5.55. The number of hydrogen-bond donors (Lipinski definition) is 2. The van der Waals surface area contributed by atoms with Crippen LogP contribution < -0.4 is 10.2 Å². The van der Waals surface area contributed by atoms with Crippen molar-refractivity contribution in [1.82, 2.24) is 10.3 Å². The van der Waals surface area contributed by atoms with Gasteiger partial charge in [0.25, 0.3) is 0 Å². The van der Waals surface area contributed by atoms with Crippen LogP contribution in [0.15, 0.2) is 0 Å². The Labute approximate surface area is 113 Å². The summed E-state index contributed by atoms with van der Waals surface area (Å²) in [7, 11) is 4.02. The molecule has 0 amide bonds. The molecule has 1 aliphatic rings. The summed E-state index contributed by atoms with van der Waals surface area (Å²) in [5.74, 6) is 0. The number of aryl methyl sites for hydroxylation is 1. The third-order valence-electron chi connectivity index (χ3n) is 3.54. The Kier molecular flexibility index (Phi) is 4.25. The highest BCUT2D eigenvalue weighted by atomic mass is 32.1. The number of hydrogen-bond acceptors (Lipinski definition) is 5. The van der Waals surface area contributed by atoms with Crippen molar-refractivity contribution in [2.24, 2.45) is 0 Å². The summed E-state index contributed by atoms with van der Waals surface area (Å²) in [6, 6.07) is 0. The number of anilines is 1. The van der Waals surface area contributed by atoms with Gasteiger partial charge in [0.2, 0.25) is 0 Å². The lowest BCUT2D eigenvalue weighted by Gasteiger charge is -2.22. The van der Waals surface area contributed by atoms with Crippen molar-refractivity contribution in [3.63, 3.8) is 0 Å². The van der Waals surface area contributed by atoms with E-state index in [1.807, 2.05) is 25.9 Å². The van der Waals surface area contributed by atoms with Crippen LogP contribution in [0.25, 0.3) is 0 Å². The average Bonchev–Trinajstić information content (AvgIpc) is 2.87. The first-order valence-electron chi connectivity index (χ1n) is 6.57. The zero-order chi connectivity index (χ0) is 13.2. The van der Waals surface area contributed by atoms with E-state index >= 15 is 0 Å². The fraction of sp³-hybridized carbons (Fsp3) is 0.769. The number of thiazole rings is 1. The summed E-state index contributed by atoms with van der Waals surface area (Å²) in [4.78, 5) is 7.82. The summed E-state index contributed by atoms with van der Waals surface area (Å²) in [6.45, 7) is 3.55. The first kappa shape index (κ1) is 13.8. The molecule has 1 aromatic heterocycles. The van der Waals surface area contributed by atoms with Gasteiger partial charge in [-0.25, -0.2) is 4.98 Å². The number of rotatable bonds is 5. The van der Waals surface area contributed by atoms with E-state index in [0.29, 0.717) is 6.54 Å². The van der Waals surface area contributed by atoms with Crippen molar-refractivity contribution < 1.29 is 5.11 Å². The smallest absolute Gasteiger partial charge is 0.185 e. The van der Waals surface area contributed by atoms with Crippen molar-refractivity contribution in [3.8, 4) is 0 Å². The van der Waals surface area contributed by atoms with Crippen LogP contribution >= 0.6 is 11.3 Å². The second-order valence-corrected chi connectivity index (χ2v) is 6.50. The van der Waals surface area contributed by atoms with E-state index in [-0.39, 0.29) is 0 Å². The SMILES string of the molecule is Cc1nc(N(C)C)sc1CNCC1(O)CCCC1. The number of nitrogens with one attached hydrogen (secondary N) is 1. The average molecular weight is 269 g/mol. The minimum Gasteiger partial charge on any atom is -0.389 e. The third kappa shape index (κ3) is 3.22. The van der Waals surface area contributed by atoms with Gasteiger partial charge in [-0.15, -0.1) is 11.3 Å².